The maximum absolute atomic E-state index is 12.8. The zero-order chi connectivity index (χ0) is 21.8. The third kappa shape index (κ3) is 3.78. The van der Waals surface area contributed by atoms with Gasteiger partial charge in [0, 0.05) is 22.1 Å². The first-order valence-electron chi connectivity index (χ1n) is 9.58. The van der Waals surface area contributed by atoms with Gasteiger partial charge in [-0.15, -0.1) is 0 Å². The minimum atomic E-state index is -1.08. The van der Waals surface area contributed by atoms with Crippen LogP contribution in [0.1, 0.15) is 39.3 Å². The van der Waals surface area contributed by atoms with E-state index in [0.29, 0.717) is 17.0 Å². The summed E-state index contributed by atoms with van der Waals surface area (Å²) in [5.74, 6) is -2.38. The second-order valence-electron chi connectivity index (χ2n) is 6.61. The maximum Gasteiger partial charge on any atom is 0.336 e. The smallest absolute Gasteiger partial charge is 0.336 e. The van der Waals surface area contributed by atoms with Gasteiger partial charge in [-0.05, 0) is 32.6 Å². The number of esters is 2. The first kappa shape index (κ1) is 21.1. The lowest BCUT2D eigenvalue weighted by atomic mass is 9.81. The Morgan fingerprint density at radius 3 is 2.10 bits per heavy atom. The van der Waals surface area contributed by atoms with E-state index >= 15 is 0 Å². The van der Waals surface area contributed by atoms with Crippen LogP contribution in [0.2, 0.25) is 0 Å². The van der Waals surface area contributed by atoms with Gasteiger partial charge >= 0.3 is 11.9 Å². The van der Waals surface area contributed by atoms with Gasteiger partial charge in [0.25, 0.3) is 5.69 Å². The normalized spacial score (nSPS) is 14.5. The van der Waals surface area contributed by atoms with Gasteiger partial charge in [0.2, 0.25) is 5.69 Å². The van der Waals surface area contributed by atoms with E-state index in [1.54, 1.807) is 52.0 Å². The van der Waals surface area contributed by atoms with Crippen LogP contribution in [0.25, 0.3) is 11.3 Å². The highest BCUT2D eigenvalue weighted by Gasteiger charge is 2.44. The molecule has 2 aromatic rings. The Balaban J connectivity index is 2.27. The van der Waals surface area contributed by atoms with E-state index < -0.39 is 17.9 Å². The molecule has 3 rings (SSSR count). The maximum atomic E-state index is 12.8. The second kappa shape index (κ2) is 8.81. The van der Waals surface area contributed by atoms with Crippen LogP contribution < -0.4 is 10.2 Å². The van der Waals surface area contributed by atoms with Gasteiger partial charge < -0.3 is 20.0 Å². The number of nitrogens with zero attached hydrogens (tertiary/aromatic N) is 2. The fourth-order valence-electron chi connectivity index (χ4n) is 3.52. The van der Waals surface area contributed by atoms with E-state index in [9.17, 15) is 14.8 Å². The standard InChI is InChI=1S/C21H23N3O6/c1-5-28-20(25)15-12(3)22-13(4)16(21(26)29-6-2)17(15)19-18(23-30-24(19)27)14-10-8-7-9-11-14/h7-11,17,22H,5-6H2,1-4H3. The van der Waals surface area contributed by atoms with E-state index in [1.165, 1.54) is 0 Å². The van der Waals surface area contributed by atoms with Crippen LogP contribution in [-0.4, -0.2) is 30.3 Å². The number of hydrogen-bond donors (Lipinski definition) is 1. The number of aromatic nitrogens is 2. The summed E-state index contributed by atoms with van der Waals surface area (Å²) in [6.45, 7) is 6.97. The predicted molar refractivity (Wildman–Crippen MR) is 105 cm³/mol. The third-order valence-corrected chi connectivity index (χ3v) is 4.72. The highest BCUT2D eigenvalue weighted by atomic mass is 16.8. The summed E-state index contributed by atoms with van der Waals surface area (Å²) in [5, 5.41) is 19.6. The van der Waals surface area contributed by atoms with Crippen molar-refractivity contribution in [2.24, 2.45) is 0 Å². The number of carbonyl (C=O) groups is 2. The lowest BCUT2D eigenvalue weighted by molar-refractivity contribution is -0.808. The molecular formula is C21H23N3O6. The molecule has 30 heavy (non-hydrogen) atoms. The van der Waals surface area contributed by atoms with Crippen molar-refractivity contribution in [3.8, 4) is 11.3 Å². The van der Waals surface area contributed by atoms with Gasteiger partial charge in [0.1, 0.15) is 0 Å². The summed E-state index contributed by atoms with van der Waals surface area (Å²) in [4.78, 5) is 25.9. The van der Waals surface area contributed by atoms with E-state index in [0.717, 1.165) is 0 Å². The van der Waals surface area contributed by atoms with E-state index in [1.807, 2.05) is 6.07 Å². The molecule has 1 aliphatic heterocycles. The second-order valence-corrected chi connectivity index (χ2v) is 6.61. The molecule has 0 fully saturated rings. The van der Waals surface area contributed by atoms with Crippen molar-refractivity contribution in [3.63, 3.8) is 0 Å². The Labute approximate surface area is 173 Å². The fourth-order valence-corrected chi connectivity index (χ4v) is 3.52. The first-order chi connectivity index (χ1) is 14.4. The van der Waals surface area contributed by atoms with Crippen LogP contribution in [0.4, 0.5) is 0 Å². The minimum Gasteiger partial charge on any atom is -0.463 e. The number of hydrogen-bond acceptors (Lipinski definition) is 8. The average Bonchev–Trinajstić information content (AvgIpc) is 3.09. The van der Waals surface area contributed by atoms with Gasteiger partial charge in [-0.1, -0.05) is 30.3 Å². The number of dihydropyridines is 1. The molecule has 0 unspecified atom stereocenters. The molecule has 0 aliphatic carbocycles. The Morgan fingerprint density at radius 2 is 1.60 bits per heavy atom. The highest BCUT2D eigenvalue weighted by molar-refractivity contribution is 6.00. The van der Waals surface area contributed by atoms with Gasteiger partial charge in [0.15, 0.2) is 0 Å². The van der Waals surface area contributed by atoms with Gasteiger partial charge in [-0.3, -0.25) is 4.63 Å². The van der Waals surface area contributed by atoms with Crippen molar-refractivity contribution in [2.45, 2.75) is 33.6 Å². The zero-order valence-corrected chi connectivity index (χ0v) is 17.2. The summed E-state index contributed by atoms with van der Waals surface area (Å²) < 4.78 is 15.3. The molecule has 1 aromatic carbocycles. The molecule has 158 valence electrons. The van der Waals surface area contributed by atoms with Gasteiger partial charge in [0.05, 0.1) is 30.3 Å². The molecule has 2 heterocycles. The van der Waals surface area contributed by atoms with Crippen LogP contribution >= 0.6 is 0 Å². The van der Waals surface area contributed by atoms with Crippen molar-refractivity contribution in [3.05, 3.63) is 63.8 Å². The molecule has 0 saturated heterocycles. The first-order valence-corrected chi connectivity index (χ1v) is 9.58. The molecule has 0 saturated carbocycles. The molecule has 9 nitrogen and oxygen atoms in total. The summed E-state index contributed by atoms with van der Waals surface area (Å²) in [5.41, 5.74) is 2.00. The Hall–Kier alpha value is -3.62. The molecule has 0 radical (unpaired) electrons. The molecule has 9 heteroatoms. The largest absolute Gasteiger partial charge is 0.463 e. The van der Waals surface area contributed by atoms with Crippen molar-refractivity contribution in [1.82, 2.24) is 10.5 Å². The van der Waals surface area contributed by atoms with E-state index in [2.05, 4.69) is 10.5 Å². The topological polar surface area (TPSA) is 118 Å². The number of rotatable bonds is 6. The Morgan fingerprint density at radius 1 is 1.07 bits per heavy atom. The average molecular weight is 413 g/mol. The molecular weight excluding hydrogens is 390 g/mol. The van der Waals surface area contributed by atoms with Crippen LogP contribution in [-0.2, 0) is 19.1 Å². The van der Waals surface area contributed by atoms with Crippen molar-refractivity contribution < 1.29 is 28.6 Å². The number of benzene rings is 1. The molecule has 1 N–H and O–H groups in total. The number of ether oxygens (including phenoxy) is 2. The van der Waals surface area contributed by atoms with Crippen LogP contribution in [0.5, 0.6) is 0 Å². The number of nitrogens with one attached hydrogen (secondary N) is 1. The quantitative estimate of drug-likeness (QED) is 0.566. The number of carbonyl (C=O) groups excluding carboxylic acids is 2. The van der Waals surface area contributed by atoms with Crippen molar-refractivity contribution in [1.29, 1.82) is 0 Å². The van der Waals surface area contributed by atoms with E-state index in [4.69, 9.17) is 14.1 Å². The molecule has 0 bridgehead atoms. The molecule has 0 atom stereocenters. The minimum absolute atomic E-state index is 0.00695. The Bertz CT molecular complexity index is 983. The van der Waals surface area contributed by atoms with Crippen LogP contribution in [0.3, 0.4) is 0 Å². The fraction of sp³-hybridized carbons (Fsp3) is 0.333. The van der Waals surface area contributed by atoms with Gasteiger partial charge in [-0.2, -0.15) is 0 Å². The zero-order valence-electron chi connectivity index (χ0n) is 17.2. The summed E-state index contributed by atoms with van der Waals surface area (Å²) in [7, 11) is 0. The SMILES string of the molecule is CCOC(=O)C1=C(C)NC(C)=C(C(=O)OCC)C1c1c(-c2ccccc2)no[n+]1[O-]. The predicted octanol–water partition coefficient (Wildman–Crippen LogP) is 2.34. The molecule has 1 aromatic heterocycles. The van der Waals surface area contributed by atoms with Crippen LogP contribution in [0, 0.1) is 5.21 Å². The molecule has 1 aliphatic rings. The molecule has 0 spiro atoms. The summed E-state index contributed by atoms with van der Waals surface area (Å²) in [6.07, 6.45) is 0. The monoisotopic (exact) mass is 413 g/mol. The van der Waals surface area contributed by atoms with Crippen molar-refractivity contribution in [2.75, 3.05) is 13.2 Å². The Kier molecular flexibility index (Phi) is 6.20. The third-order valence-electron chi connectivity index (χ3n) is 4.72. The lowest BCUT2D eigenvalue weighted by Crippen LogP contribution is -2.39. The van der Waals surface area contributed by atoms with Gasteiger partial charge in [-0.25, -0.2) is 9.59 Å². The van der Waals surface area contributed by atoms with E-state index in [-0.39, 0.29) is 40.7 Å². The van der Waals surface area contributed by atoms with Crippen LogP contribution in [0.15, 0.2) is 57.5 Å². The number of allylic oxidation sites excluding steroid dienone is 2. The highest BCUT2D eigenvalue weighted by Crippen LogP contribution is 2.41. The molecule has 0 amide bonds. The lowest BCUT2D eigenvalue weighted by Gasteiger charge is -2.28. The van der Waals surface area contributed by atoms with Crippen molar-refractivity contribution >= 4 is 11.9 Å². The summed E-state index contributed by atoms with van der Waals surface area (Å²) >= 11 is 0. The summed E-state index contributed by atoms with van der Waals surface area (Å²) in [6, 6.07) is 8.90.